The summed E-state index contributed by atoms with van der Waals surface area (Å²) in [5, 5.41) is 10.1. The first-order valence-corrected chi connectivity index (χ1v) is 6.45. The molecular weight excluding hydrogens is 282 g/mol. The maximum Gasteiger partial charge on any atom is 0.226 e. The van der Waals surface area contributed by atoms with Gasteiger partial charge in [-0.05, 0) is 31.0 Å². The third kappa shape index (κ3) is 2.65. The van der Waals surface area contributed by atoms with Gasteiger partial charge in [0.25, 0.3) is 0 Å². The van der Waals surface area contributed by atoms with Crippen LogP contribution in [0.5, 0.6) is 5.75 Å². The largest absolute Gasteiger partial charge is 0.485 e. The number of aliphatic hydroxyl groups is 1. The number of ether oxygens (including phenoxy) is 1. The van der Waals surface area contributed by atoms with Gasteiger partial charge in [0.15, 0.2) is 0 Å². The molecule has 2 nitrogen and oxygen atoms in total. The molecule has 0 spiro atoms. The van der Waals surface area contributed by atoms with Gasteiger partial charge in [-0.25, -0.2) is 0 Å². The van der Waals surface area contributed by atoms with E-state index in [0.717, 1.165) is 16.7 Å². The van der Waals surface area contributed by atoms with Crippen LogP contribution >= 0.6 is 34.8 Å². The van der Waals surface area contributed by atoms with Gasteiger partial charge in [0, 0.05) is 12.0 Å². The average Bonchev–Trinajstić information content (AvgIpc) is 2.13. The van der Waals surface area contributed by atoms with Crippen LogP contribution in [0.25, 0.3) is 0 Å². The number of rotatable bonds is 0. The summed E-state index contributed by atoms with van der Waals surface area (Å²) in [5.41, 5.74) is 2.84. The molecule has 0 aliphatic carbocycles. The molecule has 1 N–H and O–H groups in total. The van der Waals surface area contributed by atoms with Crippen LogP contribution in [-0.2, 0) is 0 Å². The zero-order valence-electron chi connectivity index (χ0n) is 9.51. The van der Waals surface area contributed by atoms with Crippen molar-refractivity contribution in [1.82, 2.24) is 0 Å². The highest BCUT2D eigenvalue weighted by Crippen LogP contribution is 2.44. The second-order valence-electron chi connectivity index (χ2n) is 4.39. The molecule has 0 amide bonds. The third-order valence-corrected chi connectivity index (χ3v) is 3.63. The van der Waals surface area contributed by atoms with E-state index in [1.807, 2.05) is 26.0 Å². The van der Waals surface area contributed by atoms with Crippen molar-refractivity contribution in [2.24, 2.45) is 0 Å². The summed E-state index contributed by atoms with van der Waals surface area (Å²) in [7, 11) is 0. The molecule has 2 unspecified atom stereocenters. The maximum absolute atomic E-state index is 10.1. The maximum atomic E-state index is 10.1. The van der Waals surface area contributed by atoms with E-state index >= 15 is 0 Å². The smallest absolute Gasteiger partial charge is 0.226 e. The monoisotopic (exact) mass is 294 g/mol. The molecule has 0 radical (unpaired) electrons. The van der Waals surface area contributed by atoms with E-state index in [2.05, 4.69) is 0 Å². The Labute approximate surface area is 115 Å². The Morgan fingerprint density at radius 1 is 1.29 bits per heavy atom. The summed E-state index contributed by atoms with van der Waals surface area (Å²) < 4.78 is 4.14. The van der Waals surface area contributed by atoms with Gasteiger partial charge in [-0.3, -0.25) is 0 Å². The van der Waals surface area contributed by atoms with E-state index in [-0.39, 0.29) is 6.42 Å². The summed E-state index contributed by atoms with van der Waals surface area (Å²) in [6.07, 6.45) is -0.996. The fourth-order valence-electron chi connectivity index (χ4n) is 2.19. The standard InChI is InChI=1S/C12H13Cl3O2/c1-6-3-7(2)11-8(16)5-10(12(13,14)15)17-9(11)4-6/h3-4,8,10,16H,5H2,1-2H3. The van der Waals surface area contributed by atoms with Gasteiger partial charge in [-0.2, -0.15) is 0 Å². The number of alkyl halides is 3. The lowest BCUT2D eigenvalue weighted by atomic mass is 9.94. The van der Waals surface area contributed by atoms with Crippen LogP contribution in [0.4, 0.5) is 0 Å². The summed E-state index contributed by atoms with van der Waals surface area (Å²) in [5.74, 6) is 0.609. The van der Waals surface area contributed by atoms with Gasteiger partial charge >= 0.3 is 0 Å². The van der Waals surface area contributed by atoms with Gasteiger partial charge < -0.3 is 9.84 Å². The van der Waals surface area contributed by atoms with E-state index < -0.39 is 16.0 Å². The second kappa shape index (κ2) is 4.51. The molecule has 2 rings (SSSR count). The van der Waals surface area contributed by atoms with Gasteiger partial charge in [0.2, 0.25) is 3.79 Å². The first-order chi connectivity index (χ1) is 7.79. The molecule has 94 valence electrons. The zero-order chi connectivity index (χ0) is 12.8. The number of halogens is 3. The molecule has 1 heterocycles. The first-order valence-electron chi connectivity index (χ1n) is 5.31. The van der Waals surface area contributed by atoms with E-state index in [9.17, 15) is 5.11 Å². The first kappa shape index (κ1) is 13.3. The third-order valence-electron chi connectivity index (χ3n) is 2.90. The molecule has 1 aliphatic heterocycles. The summed E-state index contributed by atoms with van der Waals surface area (Å²) in [4.78, 5) is 0. The predicted octanol–water partition coefficient (Wildman–Crippen LogP) is 3.86. The fraction of sp³-hybridized carbons (Fsp3) is 0.500. The van der Waals surface area contributed by atoms with Crippen molar-refractivity contribution in [3.05, 3.63) is 28.8 Å². The van der Waals surface area contributed by atoms with Crippen LogP contribution in [0.2, 0.25) is 0 Å². The van der Waals surface area contributed by atoms with Gasteiger partial charge in [0.1, 0.15) is 11.9 Å². The summed E-state index contributed by atoms with van der Waals surface area (Å²) in [6.45, 7) is 3.90. The minimum absolute atomic E-state index is 0.285. The number of aliphatic hydroxyl groups excluding tert-OH is 1. The van der Waals surface area contributed by atoms with Crippen molar-refractivity contribution in [3.8, 4) is 5.75 Å². The average molecular weight is 296 g/mol. The number of aryl methyl sites for hydroxylation is 2. The van der Waals surface area contributed by atoms with Crippen molar-refractivity contribution >= 4 is 34.8 Å². The zero-order valence-corrected chi connectivity index (χ0v) is 11.8. The lowest BCUT2D eigenvalue weighted by molar-refractivity contribution is 0.0672. The lowest BCUT2D eigenvalue weighted by Crippen LogP contribution is -2.36. The quantitative estimate of drug-likeness (QED) is 0.737. The Kier molecular flexibility index (Phi) is 3.52. The van der Waals surface area contributed by atoms with E-state index in [0.29, 0.717) is 5.75 Å². The number of hydrogen-bond acceptors (Lipinski definition) is 2. The van der Waals surface area contributed by atoms with Crippen molar-refractivity contribution in [2.45, 2.75) is 36.3 Å². The van der Waals surface area contributed by atoms with Crippen molar-refractivity contribution in [3.63, 3.8) is 0 Å². The molecule has 1 aromatic carbocycles. The molecule has 17 heavy (non-hydrogen) atoms. The molecule has 1 aromatic rings. The Morgan fingerprint density at radius 3 is 2.53 bits per heavy atom. The minimum Gasteiger partial charge on any atom is -0.485 e. The van der Waals surface area contributed by atoms with Gasteiger partial charge in [-0.1, -0.05) is 40.9 Å². The number of benzene rings is 1. The Hall–Kier alpha value is -0.150. The molecule has 0 saturated carbocycles. The molecule has 0 aromatic heterocycles. The van der Waals surface area contributed by atoms with Crippen LogP contribution in [0.15, 0.2) is 12.1 Å². The molecule has 1 aliphatic rings. The summed E-state index contributed by atoms with van der Waals surface area (Å²) >= 11 is 17.5. The van der Waals surface area contributed by atoms with Crippen LogP contribution in [0, 0.1) is 13.8 Å². The molecular formula is C12H13Cl3O2. The van der Waals surface area contributed by atoms with Crippen LogP contribution in [0.1, 0.15) is 29.2 Å². The molecule has 0 bridgehead atoms. The van der Waals surface area contributed by atoms with Crippen LogP contribution in [-0.4, -0.2) is 15.0 Å². The highest BCUT2D eigenvalue weighted by atomic mass is 35.6. The van der Waals surface area contributed by atoms with E-state index in [4.69, 9.17) is 39.5 Å². The normalized spacial score (nSPS) is 24.1. The summed E-state index contributed by atoms with van der Waals surface area (Å²) in [6, 6.07) is 3.86. The predicted molar refractivity (Wildman–Crippen MR) is 70.2 cm³/mol. The molecule has 0 fully saturated rings. The highest BCUT2D eigenvalue weighted by Gasteiger charge is 2.40. The number of fused-ring (bicyclic) bond motifs is 1. The fourth-order valence-corrected chi connectivity index (χ4v) is 2.59. The topological polar surface area (TPSA) is 29.5 Å². The van der Waals surface area contributed by atoms with Gasteiger partial charge in [0.05, 0.1) is 6.10 Å². The molecule has 0 saturated heterocycles. The van der Waals surface area contributed by atoms with Crippen molar-refractivity contribution < 1.29 is 9.84 Å². The molecule has 5 heteroatoms. The Balaban J connectivity index is 2.43. The van der Waals surface area contributed by atoms with Gasteiger partial charge in [-0.15, -0.1) is 0 Å². The van der Waals surface area contributed by atoms with E-state index in [1.54, 1.807) is 0 Å². The Morgan fingerprint density at radius 2 is 1.94 bits per heavy atom. The molecule has 2 atom stereocenters. The van der Waals surface area contributed by atoms with Crippen molar-refractivity contribution in [1.29, 1.82) is 0 Å². The lowest BCUT2D eigenvalue weighted by Gasteiger charge is -2.34. The van der Waals surface area contributed by atoms with Crippen molar-refractivity contribution in [2.75, 3.05) is 0 Å². The minimum atomic E-state index is -1.53. The SMILES string of the molecule is Cc1cc(C)c2c(c1)OC(C(Cl)(Cl)Cl)CC2O. The second-order valence-corrected chi connectivity index (χ2v) is 6.76. The van der Waals surface area contributed by atoms with E-state index in [1.165, 1.54) is 0 Å². The van der Waals surface area contributed by atoms with Crippen LogP contribution in [0.3, 0.4) is 0 Å². The van der Waals surface area contributed by atoms with Crippen LogP contribution < -0.4 is 4.74 Å². The Bertz CT molecular complexity index is 440. The highest BCUT2D eigenvalue weighted by molar-refractivity contribution is 6.68. The number of hydrogen-bond donors (Lipinski definition) is 1.